The molecule has 2 aromatic carbocycles. The fraction of sp³-hybridized carbons (Fsp3) is 0.571. The zero-order valence-electron chi connectivity index (χ0n) is 20.5. The summed E-state index contributed by atoms with van der Waals surface area (Å²) >= 11 is 1.81. The first kappa shape index (κ1) is 27.8. The van der Waals surface area contributed by atoms with E-state index in [0.717, 1.165) is 12.3 Å². The molecule has 2 aromatic rings. The first-order valence-corrected chi connectivity index (χ1v) is 12.9. The molecule has 0 spiro atoms. The van der Waals surface area contributed by atoms with Crippen LogP contribution in [0.1, 0.15) is 95.4 Å². The second kappa shape index (κ2) is 17.6. The molecule has 0 N–H and O–H groups in total. The van der Waals surface area contributed by atoms with E-state index in [1.165, 1.54) is 65.7 Å². The summed E-state index contributed by atoms with van der Waals surface area (Å²) < 4.78 is 0. The Morgan fingerprint density at radius 1 is 0.793 bits per heavy atom. The molecular formula is C28H46S. The molecule has 0 saturated carbocycles. The van der Waals surface area contributed by atoms with Crippen LogP contribution in [0.2, 0.25) is 0 Å². The van der Waals surface area contributed by atoms with Gasteiger partial charge in [0.25, 0.3) is 0 Å². The Bertz CT molecular complexity index is 645. The minimum Gasteiger partial charge on any atom is -0.130 e. The highest BCUT2D eigenvalue weighted by Crippen LogP contribution is 2.22. The number of rotatable bonds is 9. The van der Waals surface area contributed by atoms with E-state index >= 15 is 0 Å². The Kier molecular flexibility index (Phi) is 16.9. The number of thioether (sulfide) groups is 1. The third-order valence-electron chi connectivity index (χ3n) is 5.28. The van der Waals surface area contributed by atoms with Crippen LogP contribution in [-0.4, -0.2) is 6.26 Å². The maximum absolute atomic E-state index is 2.37. The van der Waals surface area contributed by atoms with Gasteiger partial charge in [-0.2, -0.15) is 0 Å². The lowest BCUT2D eigenvalue weighted by atomic mass is 9.98. The van der Waals surface area contributed by atoms with E-state index in [9.17, 15) is 0 Å². The van der Waals surface area contributed by atoms with Crippen molar-refractivity contribution in [1.82, 2.24) is 0 Å². The molecule has 0 fully saturated rings. The average molecular weight is 415 g/mol. The van der Waals surface area contributed by atoms with Gasteiger partial charge in [-0.3, -0.25) is 0 Å². The van der Waals surface area contributed by atoms with Crippen LogP contribution in [0.3, 0.4) is 0 Å². The van der Waals surface area contributed by atoms with E-state index < -0.39 is 0 Å². The standard InChI is InChI=1S/C16H18S.C10H22.C2H6/c1-12-6-4-5-7-14(12)10-15-11-16(17-3)9-8-13(15)2;1-4-6-7-9-10(3)8-5-2;1-2/h4-9,11H,10H2,1-3H3;10H,4-9H2,1-3H3;1-2H3. The number of unbranched alkanes of at least 4 members (excludes halogenated alkanes) is 2. The van der Waals surface area contributed by atoms with Crippen LogP contribution in [0.4, 0.5) is 0 Å². The average Bonchev–Trinajstić information content (AvgIpc) is 2.73. The van der Waals surface area contributed by atoms with Gasteiger partial charge in [0, 0.05) is 4.90 Å². The van der Waals surface area contributed by atoms with Crippen LogP contribution >= 0.6 is 11.8 Å². The number of aryl methyl sites for hydroxylation is 2. The smallest absolute Gasteiger partial charge is 0.00721 e. The van der Waals surface area contributed by atoms with Crippen molar-refractivity contribution in [3.05, 3.63) is 64.7 Å². The fourth-order valence-electron chi connectivity index (χ4n) is 3.36. The number of hydrogen-bond acceptors (Lipinski definition) is 1. The summed E-state index contributed by atoms with van der Waals surface area (Å²) in [6.45, 7) is 15.3. The predicted molar refractivity (Wildman–Crippen MR) is 137 cm³/mol. The van der Waals surface area contributed by atoms with Crippen molar-refractivity contribution in [3.8, 4) is 0 Å². The first-order chi connectivity index (χ1) is 14.0. The summed E-state index contributed by atoms with van der Waals surface area (Å²) in [4.78, 5) is 1.35. The molecule has 0 amide bonds. The van der Waals surface area contributed by atoms with Crippen LogP contribution in [0, 0.1) is 19.8 Å². The van der Waals surface area contributed by atoms with Gasteiger partial charge in [0.2, 0.25) is 0 Å². The molecule has 164 valence electrons. The van der Waals surface area contributed by atoms with Gasteiger partial charge in [-0.25, -0.2) is 0 Å². The maximum Gasteiger partial charge on any atom is 0.00721 e. The molecule has 1 heteroatoms. The second-order valence-electron chi connectivity index (χ2n) is 7.79. The highest BCUT2D eigenvalue weighted by atomic mass is 32.2. The van der Waals surface area contributed by atoms with E-state index in [2.05, 4.69) is 83.3 Å². The van der Waals surface area contributed by atoms with Crippen LogP contribution in [-0.2, 0) is 6.42 Å². The lowest BCUT2D eigenvalue weighted by Gasteiger charge is -2.10. The molecule has 0 heterocycles. The monoisotopic (exact) mass is 414 g/mol. The van der Waals surface area contributed by atoms with Gasteiger partial charge in [-0.05, 0) is 66.8 Å². The van der Waals surface area contributed by atoms with Gasteiger partial charge in [0.1, 0.15) is 0 Å². The van der Waals surface area contributed by atoms with Gasteiger partial charge >= 0.3 is 0 Å². The van der Waals surface area contributed by atoms with Crippen molar-refractivity contribution in [2.45, 2.75) is 98.3 Å². The molecule has 0 aliphatic rings. The van der Waals surface area contributed by atoms with Crippen LogP contribution in [0.15, 0.2) is 47.4 Å². The molecule has 0 aliphatic heterocycles. The van der Waals surface area contributed by atoms with Crippen molar-refractivity contribution in [3.63, 3.8) is 0 Å². The van der Waals surface area contributed by atoms with Gasteiger partial charge in [0.05, 0.1) is 0 Å². The number of benzene rings is 2. The Morgan fingerprint density at radius 3 is 2.03 bits per heavy atom. The normalized spacial score (nSPS) is 11.0. The lowest BCUT2D eigenvalue weighted by Crippen LogP contribution is -1.94. The van der Waals surface area contributed by atoms with Gasteiger partial charge in [-0.1, -0.05) is 103 Å². The van der Waals surface area contributed by atoms with Crippen LogP contribution in [0.25, 0.3) is 0 Å². The summed E-state index contributed by atoms with van der Waals surface area (Å²) in [5.41, 5.74) is 5.62. The van der Waals surface area contributed by atoms with E-state index in [0.29, 0.717) is 0 Å². The summed E-state index contributed by atoms with van der Waals surface area (Å²) in [5, 5.41) is 0. The Labute approximate surface area is 186 Å². The molecule has 0 saturated heterocycles. The minimum absolute atomic E-state index is 0.969. The van der Waals surface area contributed by atoms with Crippen molar-refractivity contribution in [2.24, 2.45) is 5.92 Å². The Balaban J connectivity index is 0.000000563. The molecule has 2 rings (SSSR count). The van der Waals surface area contributed by atoms with Gasteiger partial charge in [0.15, 0.2) is 0 Å². The highest BCUT2D eigenvalue weighted by Gasteiger charge is 2.03. The summed E-state index contributed by atoms with van der Waals surface area (Å²) in [6, 6.07) is 15.4. The third kappa shape index (κ3) is 12.2. The molecule has 0 radical (unpaired) electrons. The van der Waals surface area contributed by atoms with Crippen molar-refractivity contribution < 1.29 is 0 Å². The van der Waals surface area contributed by atoms with E-state index in [1.807, 2.05) is 13.8 Å². The minimum atomic E-state index is 0.969. The van der Waals surface area contributed by atoms with Gasteiger partial charge < -0.3 is 0 Å². The van der Waals surface area contributed by atoms with Crippen molar-refractivity contribution in [2.75, 3.05) is 6.26 Å². The summed E-state index contributed by atoms with van der Waals surface area (Å²) in [6.07, 6.45) is 11.6. The predicted octanol–water partition coefficient (Wildman–Crippen LogP) is 9.65. The SMILES string of the molecule is CC.CCCCCC(C)CCC.CSc1ccc(C)c(Cc2ccccc2C)c1. The van der Waals surface area contributed by atoms with E-state index in [4.69, 9.17) is 0 Å². The van der Waals surface area contributed by atoms with E-state index in [1.54, 1.807) is 11.8 Å². The molecule has 1 atom stereocenters. The van der Waals surface area contributed by atoms with Crippen molar-refractivity contribution in [1.29, 1.82) is 0 Å². The molecule has 1 unspecified atom stereocenters. The van der Waals surface area contributed by atoms with Gasteiger partial charge in [-0.15, -0.1) is 11.8 Å². The topological polar surface area (TPSA) is 0 Å². The Hall–Kier alpha value is -1.21. The largest absolute Gasteiger partial charge is 0.130 e. The molecular weight excluding hydrogens is 368 g/mol. The second-order valence-corrected chi connectivity index (χ2v) is 8.66. The zero-order valence-corrected chi connectivity index (χ0v) is 21.3. The first-order valence-electron chi connectivity index (χ1n) is 11.7. The fourth-order valence-corrected chi connectivity index (χ4v) is 3.82. The van der Waals surface area contributed by atoms with Crippen LogP contribution in [0.5, 0.6) is 0 Å². The van der Waals surface area contributed by atoms with Crippen LogP contribution < -0.4 is 0 Å². The number of hydrogen-bond donors (Lipinski definition) is 0. The summed E-state index contributed by atoms with van der Waals surface area (Å²) in [7, 11) is 0. The maximum atomic E-state index is 2.37. The Morgan fingerprint density at radius 2 is 1.45 bits per heavy atom. The molecule has 29 heavy (non-hydrogen) atoms. The third-order valence-corrected chi connectivity index (χ3v) is 6.01. The molecule has 0 nitrogen and oxygen atoms in total. The zero-order chi connectivity index (χ0) is 22.1. The quantitative estimate of drug-likeness (QED) is 0.290. The summed E-state index contributed by atoms with van der Waals surface area (Å²) in [5.74, 6) is 0.969. The molecule has 0 bridgehead atoms. The van der Waals surface area contributed by atoms with E-state index in [-0.39, 0.29) is 0 Å². The molecule has 0 aromatic heterocycles. The highest BCUT2D eigenvalue weighted by molar-refractivity contribution is 7.98. The van der Waals surface area contributed by atoms with Crippen molar-refractivity contribution >= 4 is 11.8 Å². The lowest BCUT2D eigenvalue weighted by molar-refractivity contribution is 0.459. The molecule has 0 aliphatic carbocycles.